The molecule has 2 atom stereocenters. The van der Waals surface area contributed by atoms with E-state index >= 15 is 0 Å². The zero-order valence-corrected chi connectivity index (χ0v) is 12.9. The van der Waals surface area contributed by atoms with Crippen molar-refractivity contribution >= 4 is 17.6 Å². The number of carboxylic acids is 2. The Morgan fingerprint density at radius 3 is 2.43 bits per heavy atom. The lowest BCUT2D eigenvalue weighted by Crippen LogP contribution is -2.35. The average Bonchev–Trinajstić information content (AvgIpc) is 3.09. The highest BCUT2D eigenvalue weighted by molar-refractivity contribution is 5.89. The first-order valence-electron chi connectivity index (χ1n) is 7.74. The molecule has 1 aliphatic carbocycles. The monoisotopic (exact) mass is 318 g/mol. The van der Waals surface area contributed by atoms with Crippen LogP contribution in [0.2, 0.25) is 0 Å². The quantitative estimate of drug-likeness (QED) is 0.732. The number of fused-ring (bicyclic) bond motifs is 3. The Hall–Kier alpha value is -2.34. The molecule has 3 rings (SSSR count). The van der Waals surface area contributed by atoms with Gasteiger partial charge in [0.1, 0.15) is 0 Å². The standard InChI is InChI=1S/C13H18N2.C4H4O4/c14-8-9-15-12-6-2-1-4-10(12)11-5-3-7-13(11)15;5-3(6)1-2-4(7)8/h1-2,4,6,11,13H,3,5,7-9,14H2;1-2H,(H,5,6)(H,7,8)/b;2-1+/t11-,13-;/m0./s1. The van der Waals surface area contributed by atoms with Crippen molar-refractivity contribution in [1.29, 1.82) is 0 Å². The van der Waals surface area contributed by atoms with Crippen molar-refractivity contribution in [2.75, 3.05) is 18.0 Å². The van der Waals surface area contributed by atoms with Gasteiger partial charge in [-0.05, 0) is 24.5 Å². The minimum absolute atomic E-state index is 0.558. The minimum Gasteiger partial charge on any atom is -0.478 e. The summed E-state index contributed by atoms with van der Waals surface area (Å²) in [5.41, 5.74) is 8.71. The van der Waals surface area contributed by atoms with Crippen LogP contribution in [0.3, 0.4) is 0 Å². The Bertz CT molecular complexity index is 584. The van der Waals surface area contributed by atoms with Crippen LogP contribution in [0.25, 0.3) is 0 Å². The van der Waals surface area contributed by atoms with E-state index in [-0.39, 0.29) is 0 Å². The van der Waals surface area contributed by atoms with E-state index in [9.17, 15) is 9.59 Å². The fourth-order valence-corrected chi connectivity index (χ4v) is 3.49. The summed E-state index contributed by atoms with van der Waals surface area (Å²) in [6, 6.07) is 9.60. The van der Waals surface area contributed by atoms with Crippen LogP contribution in [0.1, 0.15) is 30.7 Å². The Morgan fingerprint density at radius 2 is 1.83 bits per heavy atom. The molecule has 1 heterocycles. The number of nitrogens with two attached hydrogens (primary N) is 1. The third-order valence-electron chi connectivity index (χ3n) is 4.26. The third kappa shape index (κ3) is 4.10. The molecule has 0 saturated heterocycles. The van der Waals surface area contributed by atoms with Gasteiger partial charge in [-0.25, -0.2) is 9.59 Å². The SMILES string of the molecule is NCCN1c2ccccc2[C@@H]2CCC[C@@H]21.O=C(O)/C=C/C(=O)O. The molecule has 2 aliphatic rings. The topological polar surface area (TPSA) is 104 Å². The van der Waals surface area contributed by atoms with Crippen LogP contribution in [0, 0.1) is 0 Å². The predicted molar refractivity (Wildman–Crippen MR) is 87.6 cm³/mol. The Morgan fingerprint density at radius 1 is 1.17 bits per heavy atom. The largest absolute Gasteiger partial charge is 0.478 e. The smallest absolute Gasteiger partial charge is 0.328 e. The van der Waals surface area contributed by atoms with E-state index in [4.69, 9.17) is 15.9 Å². The zero-order chi connectivity index (χ0) is 16.8. The third-order valence-corrected chi connectivity index (χ3v) is 4.26. The van der Waals surface area contributed by atoms with Crippen molar-refractivity contribution in [3.8, 4) is 0 Å². The van der Waals surface area contributed by atoms with E-state index in [1.165, 1.54) is 24.9 Å². The predicted octanol–water partition coefficient (Wildman–Crippen LogP) is 1.81. The maximum absolute atomic E-state index is 9.55. The lowest BCUT2D eigenvalue weighted by Gasteiger charge is -2.26. The zero-order valence-electron chi connectivity index (χ0n) is 12.9. The molecule has 1 fully saturated rings. The molecule has 4 N–H and O–H groups in total. The Labute approximate surface area is 135 Å². The lowest BCUT2D eigenvalue weighted by molar-refractivity contribution is -0.134. The van der Waals surface area contributed by atoms with Crippen LogP contribution in [0.4, 0.5) is 5.69 Å². The van der Waals surface area contributed by atoms with E-state index in [1.54, 1.807) is 5.56 Å². The maximum atomic E-state index is 9.55. The molecule has 1 aromatic carbocycles. The van der Waals surface area contributed by atoms with Crippen LogP contribution in [-0.2, 0) is 9.59 Å². The number of anilines is 1. The molecule has 1 saturated carbocycles. The molecule has 1 aromatic rings. The molecule has 0 radical (unpaired) electrons. The van der Waals surface area contributed by atoms with Crippen molar-refractivity contribution in [3.05, 3.63) is 42.0 Å². The van der Waals surface area contributed by atoms with Gasteiger partial charge in [0.05, 0.1) is 0 Å². The molecular weight excluding hydrogens is 296 g/mol. The number of hydrogen-bond acceptors (Lipinski definition) is 4. The van der Waals surface area contributed by atoms with E-state index in [0.717, 1.165) is 25.0 Å². The summed E-state index contributed by atoms with van der Waals surface area (Å²) in [6.45, 7) is 1.77. The van der Waals surface area contributed by atoms with Crippen LogP contribution in [-0.4, -0.2) is 41.3 Å². The summed E-state index contributed by atoms with van der Waals surface area (Å²) in [7, 11) is 0. The molecule has 6 nitrogen and oxygen atoms in total. The molecule has 6 heteroatoms. The second kappa shape index (κ2) is 7.78. The van der Waals surface area contributed by atoms with Gasteiger partial charge in [-0.2, -0.15) is 0 Å². The van der Waals surface area contributed by atoms with Crippen molar-refractivity contribution in [2.24, 2.45) is 5.73 Å². The molecule has 0 spiro atoms. The first-order valence-corrected chi connectivity index (χ1v) is 7.74. The minimum atomic E-state index is -1.26. The molecule has 0 unspecified atom stereocenters. The number of aliphatic carboxylic acids is 2. The van der Waals surface area contributed by atoms with Crippen molar-refractivity contribution in [2.45, 2.75) is 31.2 Å². The first kappa shape index (κ1) is 17.0. The van der Waals surface area contributed by atoms with Gasteiger partial charge in [0, 0.05) is 42.9 Å². The van der Waals surface area contributed by atoms with Crippen LogP contribution >= 0.6 is 0 Å². The number of para-hydroxylation sites is 1. The highest BCUT2D eigenvalue weighted by Gasteiger charge is 2.40. The van der Waals surface area contributed by atoms with Crippen molar-refractivity contribution in [3.63, 3.8) is 0 Å². The molecule has 1 aliphatic heterocycles. The van der Waals surface area contributed by atoms with Gasteiger partial charge in [-0.3, -0.25) is 0 Å². The summed E-state index contributed by atoms with van der Waals surface area (Å²) in [4.78, 5) is 21.6. The highest BCUT2D eigenvalue weighted by Crippen LogP contribution is 2.48. The Kier molecular flexibility index (Phi) is 5.76. The van der Waals surface area contributed by atoms with Crippen molar-refractivity contribution < 1.29 is 19.8 Å². The van der Waals surface area contributed by atoms with Gasteiger partial charge < -0.3 is 20.8 Å². The molecular formula is C17H22N2O4. The van der Waals surface area contributed by atoms with Crippen molar-refractivity contribution in [1.82, 2.24) is 0 Å². The molecule has 23 heavy (non-hydrogen) atoms. The maximum Gasteiger partial charge on any atom is 0.328 e. The van der Waals surface area contributed by atoms with Crippen LogP contribution in [0.15, 0.2) is 36.4 Å². The Balaban J connectivity index is 0.000000207. The average molecular weight is 318 g/mol. The highest BCUT2D eigenvalue weighted by atomic mass is 16.4. The molecule has 0 aromatic heterocycles. The van der Waals surface area contributed by atoms with E-state index < -0.39 is 11.9 Å². The molecule has 0 bridgehead atoms. The summed E-state index contributed by atoms with van der Waals surface area (Å²) in [6.07, 6.45) is 5.21. The number of hydrogen-bond donors (Lipinski definition) is 3. The van der Waals surface area contributed by atoms with Gasteiger partial charge >= 0.3 is 11.9 Å². The first-order chi connectivity index (χ1) is 11.0. The number of carbonyl (C=O) groups is 2. The van der Waals surface area contributed by atoms with E-state index in [1.807, 2.05) is 0 Å². The van der Waals surface area contributed by atoms with Crippen LogP contribution < -0.4 is 10.6 Å². The number of nitrogens with zero attached hydrogens (tertiary/aromatic N) is 1. The number of rotatable bonds is 4. The van der Waals surface area contributed by atoms with Gasteiger partial charge in [-0.1, -0.05) is 24.6 Å². The molecule has 0 amide bonds. The number of benzene rings is 1. The number of carboxylic acid groups (broad SMARTS) is 2. The molecule has 124 valence electrons. The van der Waals surface area contributed by atoms with Gasteiger partial charge in [0.2, 0.25) is 0 Å². The van der Waals surface area contributed by atoms with E-state index in [2.05, 4.69) is 29.2 Å². The second-order valence-electron chi connectivity index (χ2n) is 5.66. The summed E-state index contributed by atoms with van der Waals surface area (Å²) >= 11 is 0. The van der Waals surface area contributed by atoms with Crippen LogP contribution in [0.5, 0.6) is 0 Å². The lowest BCUT2D eigenvalue weighted by atomic mass is 9.98. The normalized spacial score (nSPS) is 21.5. The van der Waals surface area contributed by atoms with Gasteiger partial charge in [0.25, 0.3) is 0 Å². The van der Waals surface area contributed by atoms with E-state index in [0.29, 0.717) is 12.2 Å². The van der Waals surface area contributed by atoms with Gasteiger partial charge in [-0.15, -0.1) is 0 Å². The fraction of sp³-hybridized carbons (Fsp3) is 0.412. The van der Waals surface area contributed by atoms with Gasteiger partial charge in [0.15, 0.2) is 0 Å². The summed E-state index contributed by atoms with van der Waals surface area (Å²) in [5, 5.41) is 15.6. The summed E-state index contributed by atoms with van der Waals surface area (Å²) < 4.78 is 0. The summed E-state index contributed by atoms with van der Waals surface area (Å²) in [5.74, 6) is -1.73. The fourth-order valence-electron chi connectivity index (χ4n) is 3.49. The second-order valence-corrected chi connectivity index (χ2v) is 5.66.